The summed E-state index contributed by atoms with van der Waals surface area (Å²) in [6.07, 6.45) is 2.11. The number of halogens is 1. The summed E-state index contributed by atoms with van der Waals surface area (Å²) < 4.78 is 18.6. The number of benzene rings is 1. The van der Waals surface area contributed by atoms with Crippen molar-refractivity contribution in [3.63, 3.8) is 0 Å². The standard InChI is InChI=1S/C15H23FN2O2/c1-12(17)6-5-9-15(19)18(2)10-11-20-14-8-4-3-7-13(14)16/h3-4,7-8,12H,5-6,9-11,17H2,1-2H3. The topological polar surface area (TPSA) is 55.6 Å². The van der Waals surface area contributed by atoms with Crippen LogP contribution in [0.1, 0.15) is 26.2 Å². The lowest BCUT2D eigenvalue weighted by atomic mass is 10.1. The molecular weight excluding hydrogens is 259 g/mol. The Bertz CT molecular complexity index is 424. The summed E-state index contributed by atoms with van der Waals surface area (Å²) in [5.41, 5.74) is 5.63. The van der Waals surface area contributed by atoms with E-state index in [0.29, 0.717) is 13.0 Å². The maximum atomic E-state index is 13.3. The molecule has 0 aliphatic heterocycles. The van der Waals surface area contributed by atoms with E-state index < -0.39 is 5.82 Å². The molecule has 1 aromatic rings. The first-order chi connectivity index (χ1) is 9.50. The van der Waals surface area contributed by atoms with Crippen molar-refractivity contribution in [3.8, 4) is 5.75 Å². The molecule has 0 fully saturated rings. The van der Waals surface area contributed by atoms with Gasteiger partial charge in [-0.3, -0.25) is 4.79 Å². The number of likely N-dealkylation sites (N-methyl/N-ethyl adjacent to an activating group) is 1. The second-order valence-corrected chi connectivity index (χ2v) is 4.96. The van der Waals surface area contributed by atoms with E-state index >= 15 is 0 Å². The fourth-order valence-corrected chi connectivity index (χ4v) is 1.75. The second kappa shape index (κ2) is 8.53. The Balaban J connectivity index is 2.24. The van der Waals surface area contributed by atoms with Gasteiger partial charge in [0, 0.05) is 19.5 Å². The Morgan fingerprint density at radius 2 is 2.15 bits per heavy atom. The third-order valence-corrected chi connectivity index (χ3v) is 3.00. The van der Waals surface area contributed by atoms with E-state index in [4.69, 9.17) is 10.5 Å². The van der Waals surface area contributed by atoms with Crippen LogP contribution in [0, 0.1) is 5.82 Å². The minimum atomic E-state index is -0.390. The van der Waals surface area contributed by atoms with Gasteiger partial charge in [-0.2, -0.15) is 0 Å². The van der Waals surface area contributed by atoms with Crippen LogP contribution in [0.2, 0.25) is 0 Å². The van der Waals surface area contributed by atoms with Crippen LogP contribution in [0.15, 0.2) is 24.3 Å². The van der Waals surface area contributed by atoms with Crippen LogP contribution in [0.3, 0.4) is 0 Å². The quantitative estimate of drug-likeness (QED) is 0.795. The van der Waals surface area contributed by atoms with Crippen molar-refractivity contribution in [1.82, 2.24) is 4.90 Å². The average molecular weight is 282 g/mol. The lowest BCUT2D eigenvalue weighted by Gasteiger charge is -2.18. The predicted molar refractivity (Wildman–Crippen MR) is 77.0 cm³/mol. The van der Waals surface area contributed by atoms with E-state index in [1.165, 1.54) is 6.07 Å². The number of carbonyl (C=O) groups is 1. The van der Waals surface area contributed by atoms with E-state index in [9.17, 15) is 9.18 Å². The molecule has 20 heavy (non-hydrogen) atoms. The number of rotatable bonds is 8. The maximum absolute atomic E-state index is 13.3. The van der Waals surface area contributed by atoms with E-state index in [1.807, 2.05) is 6.92 Å². The van der Waals surface area contributed by atoms with E-state index in [1.54, 1.807) is 30.1 Å². The van der Waals surface area contributed by atoms with Crippen LogP contribution in [-0.2, 0) is 4.79 Å². The Morgan fingerprint density at radius 1 is 1.45 bits per heavy atom. The van der Waals surface area contributed by atoms with Crippen LogP contribution in [0.25, 0.3) is 0 Å². The number of amides is 1. The molecule has 0 saturated carbocycles. The first-order valence-electron chi connectivity index (χ1n) is 6.87. The molecule has 4 nitrogen and oxygen atoms in total. The number of hydrogen-bond acceptors (Lipinski definition) is 3. The molecule has 1 aromatic carbocycles. The Kier molecular flexibility index (Phi) is 7.01. The van der Waals surface area contributed by atoms with Gasteiger partial charge in [0.2, 0.25) is 5.91 Å². The van der Waals surface area contributed by atoms with Crippen molar-refractivity contribution in [3.05, 3.63) is 30.1 Å². The van der Waals surface area contributed by atoms with Crippen molar-refractivity contribution in [2.45, 2.75) is 32.2 Å². The summed E-state index contributed by atoms with van der Waals surface area (Å²) in [5.74, 6) is -0.119. The van der Waals surface area contributed by atoms with Crippen LogP contribution < -0.4 is 10.5 Å². The van der Waals surface area contributed by atoms with Gasteiger partial charge in [-0.05, 0) is 31.9 Å². The normalized spacial score (nSPS) is 12.0. The largest absolute Gasteiger partial charge is 0.489 e. The molecule has 0 aromatic heterocycles. The average Bonchev–Trinajstić information content (AvgIpc) is 2.40. The minimum Gasteiger partial charge on any atom is -0.489 e. The molecular formula is C15H23FN2O2. The molecule has 0 bridgehead atoms. The minimum absolute atomic E-state index is 0.0581. The molecule has 1 unspecified atom stereocenters. The first kappa shape index (κ1) is 16.4. The Labute approximate surface area is 119 Å². The molecule has 1 rings (SSSR count). The van der Waals surface area contributed by atoms with Crippen molar-refractivity contribution < 1.29 is 13.9 Å². The molecule has 1 atom stereocenters. The highest BCUT2D eigenvalue weighted by Crippen LogP contribution is 2.15. The van der Waals surface area contributed by atoms with Gasteiger partial charge < -0.3 is 15.4 Å². The van der Waals surface area contributed by atoms with Crippen molar-refractivity contribution in [2.75, 3.05) is 20.2 Å². The van der Waals surface area contributed by atoms with Gasteiger partial charge in [-0.25, -0.2) is 4.39 Å². The zero-order valence-electron chi connectivity index (χ0n) is 12.1. The summed E-state index contributed by atoms with van der Waals surface area (Å²) >= 11 is 0. The molecule has 0 aliphatic rings. The summed E-state index contributed by atoms with van der Waals surface area (Å²) in [4.78, 5) is 13.4. The smallest absolute Gasteiger partial charge is 0.222 e. The number of hydrogen-bond donors (Lipinski definition) is 1. The fraction of sp³-hybridized carbons (Fsp3) is 0.533. The van der Waals surface area contributed by atoms with Crippen LogP contribution in [-0.4, -0.2) is 37.0 Å². The van der Waals surface area contributed by atoms with Gasteiger partial charge in [-0.15, -0.1) is 0 Å². The zero-order chi connectivity index (χ0) is 15.0. The molecule has 5 heteroatoms. The summed E-state index contributed by atoms with van der Waals surface area (Å²) in [5, 5.41) is 0. The van der Waals surface area contributed by atoms with Crippen LogP contribution in [0.5, 0.6) is 5.75 Å². The van der Waals surface area contributed by atoms with Crippen molar-refractivity contribution in [2.24, 2.45) is 5.73 Å². The second-order valence-electron chi connectivity index (χ2n) is 4.96. The Morgan fingerprint density at radius 3 is 2.80 bits per heavy atom. The number of carbonyl (C=O) groups excluding carboxylic acids is 1. The molecule has 0 heterocycles. The molecule has 0 radical (unpaired) electrons. The van der Waals surface area contributed by atoms with Crippen LogP contribution >= 0.6 is 0 Å². The highest BCUT2D eigenvalue weighted by Gasteiger charge is 2.09. The highest BCUT2D eigenvalue weighted by molar-refractivity contribution is 5.75. The van der Waals surface area contributed by atoms with Gasteiger partial charge in [0.15, 0.2) is 11.6 Å². The number of nitrogens with zero attached hydrogens (tertiary/aromatic N) is 1. The molecule has 112 valence electrons. The van der Waals surface area contributed by atoms with Gasteiger partial charge in [0.05, 0.1) is 6.54 Å². The van der Waals surface area contributed by atoms with Crippen molar-refractivity contribution in [1.29, 1.82) is 0 Å². The maximum Gasteiger partial charge on any atom is 0.222 e. The predicted octanol–water partition coefficient (Wildman–Crippen LogP) is 2.18. The van der Waals surface area contributed by atoms with E-state index in [0.717, 1.165) is 12.8 Å². The van der Waals surface area contributed by atoms with Crippen molar-refractivity contribution >= 4 is 5.91 Å². The Hall–Kier alpha value is -1.62. The number of ether oxygens (including phenoxy) is 1. The van der Waals surface area contributed by atoms with Gasteiger partial charge in [-0.1, -0.05) is 12.1 Å². The SMILES string of the molecule is CC(N)CCCC(=O)N(C)CCOc1ccccc1F. The van der Waals surface area contributed by atoms with Gasteiger partial charge in [0.25, 0.3) is 0 Å². The van der Waals surface area contributed by atoms with E-state index in [-0.39, 0.29) is 24.3 Å². The fourth-order valence-electron chi connectivity index (χ4n) is 1.75. The molecule has 0 spiro atoms. The lowest BCUT2D eigenvalue weighted by molar-refractivity contribution is -0.130. The zero-order valence-corrected chi connectivity index (χ0v) is 12.1. The molecule has 1 amide bonds. The van der Waals surface area contributed by atoms with Gasteiger partial charge in [0.1, 0.15) is 6.61 Å². The molecule has 0 aliphatic carbocycles. The highest BCUT2D eigenvalue weighted by atomic mass is 19.1. The summed E-state index contributed by atoms with van der Waals surface area (Å²) in [6, 6.07) is 6.35. The van der Waals surface area contributed by atoms with Crippen LogP contribution in [0.4, 0.5) is 4.39 Å². The first-order valence-corrected chi connectivity index (χ1v) is 6.87. The molecule has 0 saturated heterocycles. The third kappa shape index (κ3) is 6.02. The lowest BCUT2D eigenvalue weighted by Crippen LogP contribution is -2.31. The van der Waals surface area contributed by atoms with Gasteiger partial charge >= 0.3 is 0 Å². The summed E-state index contributed by atoms with van der Waals surface area (Å²) in [7, 11) is 1.72. The third-order valence-electron chi connectivity index (χ3n) is 3.00. The number of para-hydroxylation sites is 1. The number of nitrogens with two attached hydrogens (primary N) is 1. The molecule has 2 N–H and O–H groups in total. The monoisotopic (exact) mass is 282 g/mol. The van der Waals surface area contributed by atoms with E-state index in [2.05, 4.69) is 0 Å². The summed E-state index contributed by atoms with van der Waals surface area (Å²) in [6.45, 7) is 2.64.